The molecular formula is C19H22ClN5O2. The van der Waals surface area contributed by atoms with Gasteiger partial charge in [-0.05, 0) is 30.3 Å². The monoisotopic (exact) mass is 387 g/mol. The second kappa shape index (κ2) is 7.56. The van der Waals surface area contributed by atoms with Crippen LogP contribution >= 0.6 is 11.6 Å². The Hall–Kier alpha value is -2.61. The fraction of sp³-hybridized carbons (Fsp3) is 0.263. The summed E-state index contributed by atoms with van der Waals surface area (Å²) < 4.78 is 5.33. The Bertz CT molecular complexity index is 941. The first-order chi connectivity index (χ1) is 12.8. The molecule has 0 saturated carbocycles. The van der Waals surface area contributed by atoms with Gasteiger partial charge < -0.3 is 20.4 Å². The van der Waals surface area contributed by atoms with E-state index >= 15 is 0 Å². The first-order valence-corrected chi connectivity index (χ1v) is 8.80. The van der Waals surface area contributed by atoms with Gasteiger partial charge in [-0.3, -0.25) is 0 Å². The van der Waals surface area contributed by atoms with E-state index in [9.17, 15) is 5.11 Å². The minimum absolute atomic E-state index is 0.0202. The molecule has 0 fully saturated rings. The Labute approximate surface area is 162 Å². The van der Waals surface area contributed by atoms with E-state index in [1.807, 2.05) is 38.1 Å². The maximum atomic E-state index is 9.42. The van der Waals surface area contributed by atoms with Crippen LogP contribution in [0.3, 0.4) is 0 Å². The van der Waals surface area contributed by atoms with Gasteiger partial charge in [0, 0.05) is 24.1 Å². The number of hydrogen-bond donors (Lipinski definition) is 3. The Morgan fingerprint density at radius 1 is 1.22 bits per heavy atom. The first kappa shape index (κ1) is 19.2. The molecule has 3 rings (SSSR count). The highest BCUT2D eigenvalue weighted by Crippen LogP contribution is 2.31. The summed E-state index contributed by atoms with van der Waals surface area (Å²) in [6.45, 7) is 4.32. The van der Waals surface area contributed by atoms with Crippen LogP contribution in [0.15, 0.2) is 47.0 Å². The third-order valence-corrected chi connectivity index (χ3v) is 4.48. The molecular weight excluding hydrogens is 366 g/mol. The maximum Gasteiger partial charge on any atom is 0.259 e. The molecule has 0 saturated heterocycles. The lowest BCUT2D eigenvalue weighted by Crippen LogP contribution is -2.41. The van der Waals surface area contributed by atoms with Gasteiger partial charge in [0.2, 0.25) is 5.82 Å². The number of aromatic nitrogens is 2. The lowest BCUT2D eigenvalue weighted by molar-refractivity contribution is 0.164. The van der Waals surface area contributed by atoms with Crippen LogP contribution in [0.25, 0.3) is 22.8 Å². The number of aliphatic hydroxyl groups excluding tert-OH is 1. The van der Waals surface area contributed by atoms with Crippen LogP contribution in [0.5, 0.6) is 0 Å². The van der Waals surface area contributed by atoms with Crippen LogP contribution in [0, 0.1) is 5.41 Å². The number of rotatable bonds is 6. The topological polar surface area (TPSA) is 114 Å². The molecule has 142 valence electrons. The van der Waals surface area contributed by atoms with Crippen LogP contribution in [0.4, 0.5) is 11.4 Å². The highest BCUT2D eigenvalue weighted by Gasteiger charge is 2.21. The summed E-state index contributed by atoms with van der Waals surface area (Å²) >= 11 is 6.17. The standard InChI is InChI=1S/C19H22ClN5O2/c1-19(2,11-26)10-25(22)16-8-7-12(9-15(16)21)17-23-18(27-24-17)13-5-3-4-6-14(13)20/h3-9,26H,10-11,21-22H2,1-2H3. The number of aliphatic hydroxyl groups is 1. The van der Waals surface area contributed by atoms with Crippen molar-refractivity contribution in [3.05, 3.63) is 47.5 Å². The molecule has 0 amide bonds. The van der Waals surface area contributed by atoms with Crippen LogP contribution in [0.2, 0.25) is 5.02 Å². The molecule has 2 aromatic carbocycles. The average Bonchev–Trinajstić information content (AvgIpc) is 3.11. The van der Waals surface area contributed by atoms with Crippen molar-refractivity contribution < 1.29 is 9.63 Å². The third-order valence-electron chi connectivity index (χ3n) is 4.15. The highest BCUT2D eigenvalue weighted by molar-refractivity contribution is 6.33. The highest BCUT2D eigenvalue weighted by atomic mass is 35.5. The zero-order valence-corrected chi connectivity index (χ0v) is 15.9. The van der Waals surface area contributed by atoms with E-state index in [4.69, 9.17) is 27.7 Å². The van der Waals surface area contributed by atoms with Gasteiger partial charge in [-0.1, -0.05) is 42.7 Å². The SMILES string of the molecule is CC(C)(CO)CN(N)c1ccc(-c2noc(-c3ccccc3Cl)n2)cc1N. The van der Waals surface area contributed by atoms with Gasteiger partial charge in [0.25, 0.3) is 5.89 Å². The zero-order chi connectivity index (χ0) is 19.6. The van der Waals surface area contributed by atoms with Crippen LogP contribution < -0.4 is 16.6 Å². The third kappa shape index (κ3) is 4.21. The summed E-state index contributed by atoms with van der Waals surface area (Å²) in [7, 11) is 0. The van der Waals surface area contributed by atoms with Gasteiger partial charge >= 0.3 is 0 Å². The van der Waals surface area contributed by atoms with E-state index in [0.717, 1.165) is 0 Å². The molecule has 0 bridgehead atoms. The molecule has 8 heteroatoms. The number of halogens is 1. The van der Waals surface area contributed by atoms with Crippen molar-refractivity contribution in [1.82, 2.24) is 10.1 Å². The molecule has 0 unspecified atom stereocenters. The average molecular weight is 388 g/mol. The smallest absolute Gasteiger partial charge is 0.259 e. The number of anilines is 2. The minimum Gasteiger partial charge on any atom is -0.397 e. The van der Waals surface area contributed by atoms with Crippen molar-refractivity contribution in [1.29, 1.82) is 0 Å². The number of nitrogen functional groups attached to an aromatic ring is 1. The van der Waals surface area contributed by atoms with Crippen LogP contribution in [0.1, 0.15) is 13.8 Å². The van der Waals surface area contributed by atoms with Gasteiger partial charge in [0.05, 0.1) is 22.0 Å². The molecule has 3 aromatic rings. The summed E-state index contributed by atoms with van der Waals surface area (Å²) in [6.07, 6.45) is 0. The molecule has 1 heterocycles. The number of hydrogen-bond acceptors (Lipinski definition) is 7. The van der Waals surface area contributed by atoms with E-state index < -0.39 is 0 Å². The summed E-state index contributed by atoms with van der Waals surface area (Å²) in [6, 6.07) is 12.6. The summed E-state index contributed by atoms with van der Waals surface area (Å²) in [5.41, 5.74) is 8.33. The van der Waals surface area contributed by atoms with E-state index in [-0.39, 0.29) is 12.0 Å². The Morgan fingerprint density at radius 3 is 2.63 bits per heavy atom. The molecule has 0 radical (unpaired) electrons. The molecule has 0 aliphatic rings. The molecule has 7 nitrogen and oxygen atoms in total. The van der Waals surface area contributed by atoms with Gasteiger partial charge in [-0.2, -0.15) is 4.98 Å². The summed E-state index contributed by atoms with van der Waals surface area (Å²) in [5.74, 6) is 6.86. The number of nitrogens with two attached hydrogens (primary N) is 2. The van der Waals surface area contributed by atoms with Crippen molar-refractivity contribution in [3.8, 4) is 22.8 Å². The largest absolute Gasteiger partial charge is 0.397 e. The Balaban J connectivity index is 1.85. The molecule has 0 atom stereocenters. The van der Waals surface area contributed by atoms with Gasteiger partial charge in [0.15, 0.2) is 0 Å². The first-order valence-electron chi connectivity index (χ1n) is 8.42. The zero-order valence-electron chi connectivity index (χ0n) is 15.2. The van der Waals surface area contributed by atoms with Crippen molar-refractivity contribution in [3.63, 3.8) is 0 Å². The van der Waals surface area contributed by atoms with Gasteiger partial charge in [0.1, 0.15) is 0 Å². The van der Waals surface area contributed by atoms with E-state index in [1.54, 1.807) is 18.2 Å². The molecule has 27 heavy (non-hydrogen) atoms. The molecule has 0 aliphatic heterocycles. The van der Waals surface area contributed by atoms with Gasteiger partial charge in [-0.15, -0.1) is 0 Å². The van der Waals surface area contributed by atoms with Crippen molar-refractivity contribution in [2.75, 3.05) is 23.9 Å². The van der Waals surface area contributed by atoms with Crippen molar-refractivity contribution >= 4 is 23.0 Å². The predicted molar refractivity (Wildman–Crippen MR) is 107 cm³/mol. The second-order valence-electron chi connectivity index (χ2n) is 7.13. The van der Waals surface area contributed by atoms with E-state index in [0.29, 0.717) is 45.8 Å². The fourth-order valence-electron chi connectivity index (χ4n) is 2.64. The van der Waals surface area contributed by atoms with Crippen LogP contribution in [-0.4, -0.2) is 28.4 Å². The van der Waals surface area contributed by atoms with E-state index in [2.05, 4.69) is 10.1 Å². The lowest BCUT2D eigenvalue weighted by atomic mass is 9.94. The molecule has 0 spiro atoms. The fourth-order valence-corrected chi connectivity index (χ4v) is 2.85. The predicted octanol–water partition coefficient (Wildman–Crippen LogP) is 3.34. The number of nitrogens with zero attached hydrogens (tertiary/aromatic N) is 3. The summed E-state index contributed by atoms with van der Waals surface area (Å²) in [4.78, 5) is 4.40. The quantitative estimate of drug-likeness (QED) is 0.337. The summed E-state index contributed by atoms with van der Waals surface area (Å²) in [5, 5.41) is 15.5. The van der Waals surface area contributed by atoms with Crippen LogP contribution in [-0.2, 0) is 0 Å². The minimum atomic E-state index is -0.350. The lowest BCUT2D eigenvalue weighted by Gasteiger charge is -2.30. The van der Waals surface area contributed by atoms with Crippen molar-refractivity contribution in [2.45, 2.75) is 13.8 Å². The van der Waals surface area contributed by atoms with Crippen molar-refractivity contribution in [2.24, 2.45) is 11.3 Å². The Kier molecular flexibility index (Phi) is 5.36. The van der Waals surface area contributed by atoms with E-state index in [1.165, 1.54) is 5.01 Å². The normalized spacial score (nSPS) is 11.6. The van der Waals surface area contributed by atoms with Gasteiger partial charge in [-0.25, -0.2) is 5.84 Å². The molecule has 5 N–H and O–H groups in total. The Morgan fingerprint density at radius 2 is 1.96 bits per heavy atom. The number of hydrazine groups is 1. The molecule has 1 aromatic heterocycles. The second-order valence-corrected chi connectivity index (χ2v) is 7.53. The number of benzene rings is 2. The maximum absolute atomic E-state index is 9.42. The molecule has 0 aliphatic carbocycles.